The van der Waals surface area contributed by atoms with E-state index in [-0.39, 0.29) is 0 Å². The largest absolute Gasteiger partial charge is 0.465 e. The fourth-order valence-corrected chi connectivity index (χ4v) is 2.49. The number of aliphatic hydroxyl groups is 1. The number of hydrogen-bond donors (Lipinski definition) is 3. The van der Waals surface area contributed by atoms with Crippen molar-refractivity contribution in [1.82, 2.24) is 5.32 Å². The maximum absolute atomic E-state index is 10.8. The standard InChI is InChI=1S/C18H21NO3/c1-18(2,19-17(21)22)12-13-8-10-15(11-9-13)16(20)14-6-4-3-5-7-14/h3-11,16,19-20H,12H2,1-2H3,(H,21,22). The summed E-state index contributed by atoms with van der Waals surface area (Å²) in [4.78, 5) is 10.8. The summed E-state index contributed by atoms with van der Waals surface area (Å²) in [6.45, 7) is 3.68. The molecule has 0 bridgehead atoms. The highest BCUT2D eigenvalue weighted by Gasteiger charge is 2.20. The predicted molar refractivity (Wildman–Crippen MR) is 85.9 cm³/mol. The molecule has 22 heavy (non-hydrogen) atoms. The monoisotopic (exact) mass is 299 g/mol. The Hall–Kier alpha value is -2.33. The lowest BCUT2D eigenvalue weighted by atomic mass is 9.93. The van der Waals surface area contributed by atoms with Gasteiger partial charge in [-0.2, -0.15) is 0 Å². The summed E-state index contributed by atoms with van der Waals surface area (Å²) in [6, 6.07) is 17.1. The second-order valence-corrected chi connectivity index (χ2v) is 6.05. The van der Waals surface area contributed by atoms with Crippen molar-refractivity contribution in [1.29, 1.82) is 0 Å². The smallest absolute Gasteiger partial charge is 0.405 e. The zero-order chi connectivity index (χ0) is 16.2. The van der Waals surface area contributed by atoms with Gasteiger partial charge in [-0.15, -0.1) is 0 Å². The highest BCUT2D eigenvalue weighted by molar-refractivity contribution is 5.65. The average molecular weight is 299 g/mol. The molecular formula is C18H21NO3. The summed E-state index contributed by atoms with van der Waals surface area (Å²) in [5.74, 6) is 0. The van der Waals surface area contributed by atoms with E-state index in [1.807, 2.05) is 68.4 Å². The van der Waals surface area contributed by atoms with Crippen LogP contribution in [-0.2, 0) is 6.42 Å². The van der Waals surface area contributed by atoms with E-state index in [9.17, 15) is 9.90 Å². The van der Waals surface area contributed by atoms with Crippen molar-refractivity contribution in [3.05, 3.63) is 71.3 Å². The number of carboxylic acid groups (broad SMARTS) is 1. The molecule has 0 saturated carbocycles. The third-order valence-corrected chi connectivity index (χ3v) is 3.50. The Morgan fingerprint density at radius 2 is 1.59 bits per heavy atom. The van der Waals surface area contributed by atoms with Gasteiger partial charge in [0, 0.05) is 5.54 Å². The SMILES string of the molecule is CC(C)(Cc1ccc(C(O)c2ccccc2)cc1)NC(=O)O. The van der Waals surface area contributed by atoms with Crippen LogP contribution in [-0.4, -0.2) is 21.8 Å². The van der Waals surface area contributed by atoms with E-state index >= 15 is 0 Å². The molecule has 1 unspecified atom stereocenters. The second kappa shape index (κ2) is 6.62. The number of nitrogens with one attached hydrogen (secondary N) is 1. The first-order valence-electron chi connectivity index (χ1n) is 7.20. The number of carbonyl (C=O) groups is 1. The van der Waals surface area contributed by atoms with Crippen LogP contribution in [0.2, 0.25) is 0 Å². The van der Waals surface area contributed by atoms with Crippen LogP contribution >= 0.6 is 0 Å². The van der Waals surface area contributed by atoms with Crippen LogP contribution in [0.25, 0.3) is 0 Å². The first kappa shape index (κ1) is 16.0. The number of hydrogen-bond acceptors (Lipinski definition) is 2. The number of amides is 1. The van der Waals surface area contributed by atoms with Crippen LogP contribution in [0.4, 0.5) is 4.79 Å². The number of rotatable bonds is 5. The lowest BCUT2D eigenvalue weighted by Crippen LogP contribution is -2.44. The molecule has 1 atom stereocenters. The molecule has 4 nitrogen and oxygen atoms in total. The summed E-state index contributed by atoms with van der Waals surface area (Å²) in [5.41, 5.74) is 2.15. The van der Waals surface area contributed by atoms with Gasteiger partial charge in [-0.1, -0.05) is 54.6 Å². The van der Waals surface area contributed by atoms with E-state index in [1.54, 1.807) is 0 Å². The molecule has 0 spiro atoms. The molecule has 0 saturated heterocycles. The molecule has 0 aliphatic heterocycles. The molecule has 0 radical (unpaired) electrons. The first-order chi connectivity index (χ1) is 10.4. The minimum atomic E-state index is -1.03. The number of aliphatic hydroxyl groups excluding tert-OH is 1. The van der Waals surface area contributed by atoms with Crippen LogP contribution in [0, 0.1) is 0 Å². The molecule has 2 aromatic rings. The van der Waals surface area contributed by atoms with Crippen molar-refractivity contribution in [3.63, 3.8) is 0 Å². The molecule has 2 rings (SSSR count). The van der Waals surface area contributed by atoms with Gasteiger partial charge in [-0.25, -0.2) is 4.79 Å². The van der Waals surface area contributed by atoms with E-state index in [2.05, 4.69) is 5.32 Å². The van der Waals surface area contributed by atoms with E-state index in [1.165, 1.54) is 0 Å². The molecule has 0 fully saturated rings. The van der Waals surface area contributed by atoms with Crippen LogP contribution in [0.5, 0.6) is 0 Å². The summed E-state index contributed by atoms with van der Waals surface area (Å²) in [6.07, 6.45) is -1.09. The molecule has 0 aliphatic carbocycles. The highest BCUT2D eigenvalue weighted by Crippen LogP contribution is 2.23. The van der Waals surface area contributed by atoms with Crippen LogP contribution in [0.1, 0.15) is 36.6 Å². The topological polar surface area (TPSA) is 69.6 Å². The molecule has 0 aliphatic rings. The van der Waals surface area contributed by atoms with Crippen molar-refractivity contribution >= 4 is 6.09 Å². The van der Waals surface area contributed by atoms with Crippen LogP contribution in [0.3, 0.4) is 0 Å². The predicted octanol–water partition coefficient (Wildman–Crippen LogP) is 3.36. The Bertz CT molecular complexity index is 621. The normalized spacial score (nSPS) is 12.7. The first-order valence-corrected chi connectivity index (χ1v) is 7.20. The van der Waals surface area contributed by atoms with E-state index < -0.39 is 17.7 Å². The third kappa shape index (κ3) is 4.33. The van der Waals surface area contributed by atoms with Gasteiger partial charge in [0.1, 0.15) is 6.10 Å². The molecule has 1 amide bonds. The Morgan fingerprint density at radius 3 is 2.14 bits per heavy atom. The Balaban J connectivity index is 2.09. The minimum Gasteiger partial charge on any atom is -0.465 e. The molecule has 0 aromatic heterocycles. The van der Waals surface area contributed by atoms with Crippen molar-refractivity contribution in [2.45, 2.75) is 31.9 Å². The maximum Gasteiger partial charge on any atom is 0.405 e. The van der Waals surface area contributed by atoms with E-state index in [0.29, 0.717) is 6.42 Å². The summed E-state index contributed by atoms with van der Waals surface area (Å²) >= 11 is 0. The fourth-order valence-electron chi connectivity index (χ4n) is 2.49. The van der Waals surface area contributed by atoms with E-state index in [4.69, 9.17) is 5.11 Å². The summed E-state index contributed by atoms with van der Waals surface area (Å²) in [5, 5.41) is 21.7. The molecule has 3 N–H and O–H groups in total. The third-order valence-electron chi connectivity index (χ3n) is 3.50. The molecule has 0 heterocycles. The van der Waals surface area contributed by atoms with Gasteiger partial charge in [0.25, 0.3) is 0 Å². The van der Waals surface area contributed by atoms with Gasteiger partial charge in [0.2, 0.25) is 0 Å². The fraction of sp³-hybridized carbons (Fsp3) is 0.278. The van der Waals surface area contributed by atoms with Crippen molar-refractivity contribution < 1.29 is 15.0 Å². The summed E-state index contributed by atoms with van der Waals surface area (Å²) in [7, 11) is 0. The van der Waals surface area contributed by atoms with Crippen LogP contribution in [0.15, 0.2) is 54.6 Å². The molecular weight excluding hydrogens is 278 g/mol. The van der Waals surface area contributed by atoms with Gasteiger partial charge >= 0.3 is 6.09 Å². The van der Waals surface area contributed by atoms with Gasteiger partial charge in [0.05, 0.1) is 0 Å². The minimum absolute atomic E-state index is 0.536. The Kier molecular flexibility index (Phi) is 4.83. The van der Waals surface area contributed by atoms with Crippen molar-refractivity contribution in [2.75, 3.05) is 0 Å². The zero-order valence-electron chi connectivity index (χ0n) is 12.8. The van der Waals surface area contributed by atoms with Crippen molar-refractivity contribution in [3.8, 4) is 0 Å². The van der Waals surface area contributed by atoms with Gasteiger partial charge in [-0.3, -0.25) is 0 Å². The number of benzene rings is 2. The quantitative estimate of drug-likeness (QED) is 0.793. The second-order valence-electron chi connectivity index (χ2n) is 6.05. The Labute approximate surface area is 130 Å². The highest BCUT2D eigenvalue weighted by atomic mass is 16.4. The van der Waals surface area contributed by atoms with Gasteiger partial charge in [0.15, 0.2) is 0 Å². The van der Waals surface area contributed by atoms with Gasteiger partial charge < -0.3 is 15.5 Å². The molecule has 2 aromatic carbocycles. The maximum atomic E-state index is 10.8. The van der Waals surface area contributed by atoms with Crippen molar-refractivity contribution in [2.24, 2.45) is 0 Å². The van der Waals surface area contributed by atoms with Gasteiger partial charge in [-0.05, 0) is 37.0 Å². The Morgan fingerprint density at radius 1 is 1.05 bits per heavy atom. The van der Waals surface area contributed by atoms with E-state index in [0.717, 1.165) is 16.7 Å². The summed E-state index contributed by atoms with van der Waals surface area (Å²) < 4.78 is 0. The molecule has 116 valence electrons. The lowest BCUT2D eigenvalue weighted by Gasteiger charge is -2.24. The van der Waals surface area contributed by atoms with Crippen LogP contribution < -0.4 is 5.32 Å². The zero-order valence-corrected chi connectivity index (χ0v) is 12.8. The molecule has 4 heteroatoms. The lowest BCUT2D eigenvalue weighted by molar-refractivity contribution is 0.182. The average Bonchev–Trinajstić information content (AvgIpc) is 2.46.